The maximum atomic E-state index is 4.75. The first-order valence-electron chi connectivity index (χ1n) is 39.0. The lowest BCUT2D eigenvalue weighted by atomic mass is 9.69. The van der Waals surface area contributed by atoms with Crippen molar-refractivity contribution < 1.29 is 0 Å². The Morgan fingerprint density at radius 2 is 0.561 bits per heavy atom. The number of hydrogen-bond donors (Lipinski definition) is 0. The largest absolute Gasteiger partial charge is 0.256 e. The minimum absolute atomic E-state index is 0.000460. The van der Waals surface area contributed by atoms with Gasteiger partial charge >= 0.3 is 0 Å². The number of pyridine rings is 2. The van der Waals surface area contributed by atoms with Gasteiger partial charge in [0, 0.05) is 34.4 Å². The van der Waals surface area contributed by atoms with Gasteiger partial charge < -0.3 is 0 Å². The standard InChI is InChI=1S/C96H112N2/c1-7-11-15-19-23-29-57-95(58-30-24-20-16-12-8-2)89-64-72(6)38-52-85(89)87-55-50-80(70-91(87)95)84-53-47-77(67-82(84)66-74-41-45-76(46-42-74)94-36-28-34-62-98-94)78-48-54-86-88-56-49-79(83-51-37-71(5)63-81(83)65-73-39-43-75(44-40-73)93-35-27-33-61-97-93)69-92(88)96(90(86)68-78,59-31-25-21-17-13-9-3)60-32-26-22-18-14-10-4/h27-28,33-56,61-64,67-70H,7-26,29-32,57-60,65-66H2,1-6H3. The molecule has 0 saturated heterocycles. The number of nitrogens with zero attached hydrogens (tertiary/aromatic N) is 2. The minimum Gasteiger partial charge on any atom is -0.256 e. The average Bonchev–Trinajstić information content (AvgIpc) is 1.57. The van der Waals surface area contributed by atoms with Gasteiger partial charge in [0.1, 0.15) is 0 Å². The Morgan fingerprint density at radius 3 is 0.959 bits per heavy atom. The normalized spacial score (nSPS) is 13.2. The number of aromatic nitrogens is 2. The van der Waals surface area contributed by atoms with Crippen LogP contribution in [0.4, 0.5) is 0 Å². The van der Waals surface area contributed by atoms with E-state index in [2.05, 4.69) is 229 Å². The molecule has 0 bridgehead atoms. The molecule has 506 valence electrons. The fourth-order valence-corrected chi connectivity index (χ4v) is 17.2. The van der Waals surface area contributed by atoms with E-state index >= 15 is 0 Å². The molecule has 8 aromatic carbocycles. The topological polar surface area (TPSA) is 25.8 Å². The van der Waals surface area contributed by atoms with Crippen LogP contribution in [0.5, 0.6) is 0 Å². The predicted octanol–water partition coefficient (Wildman–Crippen LogP) is 28.1. The summed E-state index contributed by atoms with van der Waals surface area (Å²) in [6, 6.07) is 76.1. The molecule has 2 nitrogen and oxygen atoms in total. The van der Waals surface area contributed by atoms with Crippen LogP contribution in [0, 0.1) is 13.8 Å². The maximum Gasteiger partial charge on any atom is 0.0701 e. The molecule has 12 rings (SSSR count). The lowest BCUT2D eigenvalue weighted by Gasteiger charge is -2.34. The smallest absolute Gasteiger partial charge is 0.0701 e. The van der Waals surface area contributed by atoms with Crippen molar-refractivity contribution in [1.29, 1.82) is 0 Å². The Morgan fingerprint density at radius 1 is 0.255 bits per heavy atom. The molecule has 0 amide bonds. The van der Waals surface area contributed by atoms with E-state index in [0.29, 0.717) is 0 Å². The van der Waals surface area contributed by atoms with Crippen molar-refractivity contribution in [3.8, 4) is 78.1 Å². The molecular weight excluding hydrogens is 1180 g/mol. The number of benzene rings is 8. The zero-order chi connectivity index (χ0) is 67.5. The first-order valence-corrected chi connectivity index (χ1v) is 39.0. The van der Waals surface area contributed by atoms with Gasteiger partial charge in [0.2, 0.25) is 0 Å². The Balaban J connectivity index is 0.957. The van der Waals surface area contributed by atoms with Crippen molar-refractivity contribution in [3.63, 3.8) is 0 Å². The molecule has 0 fully saturated rings. The molecule has 98 heavy (non-hydrogen) atoms. The van der Waals surface area contributed by atoms with Gasteiger partial charge in [0.05, 0.1) is 11.4 Å². The van der Waals surface area contributed by atoms with E-state index in [1.165, 1.54) is 269 Å². The molecule has 0 saturated carbocycles. The fourth-order valence-electron chi connectivity index (χ4n) is 17.2. The van der Waals surface area contributed by atoms with Gasteiger partial charge in [-0.25, -0.2) is 0 Å². The average molecular weight is 1290 g/mol. The summed E-state index contributed by atoms with van der Waals surface area (Å²) in [6.45, 7) is 14.0. The summed E-state index contributed by atoms with van der Waals surface area (Å²) in [5.74, 6) is 0. The fraction of sp³-hybridized carbons (Fsp3) is 0.396. The third-order valence-corrected chi connectivity index (χ3v) is 22.6. The Hall–Kier alpha value is -7.94. The summed E-state index contributed by atoms with van der Waals surface area (Å²) in [7, 11) is 0. The number of unbranched alkanes of at least 4 members (excludes halogenated alkanes) is 20. The zero-order valence-corrected chi connectivity index (χ0v) is 60.7. The van der Waals surface area contributed by atoms with Crippen LogP contribution in [-0.2, 0) is 23.7 Å². The molecule has 2 aliphatic carbocycles. The molecule has 2 heterocycles. The third-order valence-electron chi connectivity index (χ3n) is 22.6. The van der Waals surface area contributed by atoms with E-state index in [4.69, 9.17) is 4.98 Å². The van der Waals surface area contributed by atoms with Crippen LogP contribution in [0.1, 0.15) is 263 Å². The van der Waals surface area contributed by atoms with Gasteiger partial charge in [-0.1, -0.05) is 345 Å². The second-order valence-corrected chi connectivity index (χ2v) is 29.8. The van der Waals surface area contributed by atoms with Crippen LogP contribution in [0.3, 0.4) is 0 Å². The summed E-state index contributed by atoms with van der Waals surface area (Å²) in [5, 5.41) is 0. The lowest BCUT2D eigenvalue weighted by molar-refractivity contribution is 0.398. The molecule has 0 N–H and O–H groups in total. The predicted molar refractivity (Wildman–Crippen MR) is 422 cm³/mol. The SMILES string of the molecule is CCCCCCCCC1(CCCCCCCC)c2cc(C)ccc2-c2ccc(-c3ccc(-c4ccc5c(c4)C(CCCCCCCC)(CCCCCCCC)c4cc(-c6ccc(C)cc6Cc6ccc(-c7ccccn7)cc6)ccc4-5)cc3Cc3ccc(-c4ccccn4)cc3)cc21. The Labute approximate surface area is 591 Å². The Bertz CT molecular complexity index is 4140. The van der Waals surface area contributed by atoms with E-state index in [1.807, 2.05) is 24.5 Å². The molecule has 10 aromatic rings. The number of aryl methyl sites for hydroxylation is 2. The van der Waals surface area contributed by atoms with Crippen molar-refractivity contribution in [2.75, 3.05) is 0 Å². The highest BCUT2D eigenvalue weighted by molar-refractivity contribution is 5.89. The molecule has 2 aliphatic rings. The van der Waals surface area contributed by atoms with Crippen LogP contribution in [-0.4, -0.2) is 9.97 Å². The quantitative estimate of drug-likeness (QED) is 0.0363. The van der Waals surface area contributed by atoms with Gasteiger partial charge in [0.15, 0.2) is 0 Å². The molecule has 0 unspecified atom stereocenters. The number of fused-ring (bicyclic) bond motifs is 6. The van der Waals surface area contributed by atoms with Crippen molar-refractivity contribution in [1.82, 2.24) is 9.97 Å². The van der Waals surface area contributed by atoms with Crippen LogP contribution < -0.4 is 0 Å². The molecule has 2 heteroatoms. The first-order chi connectivity index (χ1) is 48.2. The summed E-state index contributed by atoms with van der Waals surface area (Å²) in [5.41, 5.74) is 32.4. The van der Waals surface area contributed by atoms with Crippen LogP contribution in [0.2, 0.25) is 0 Å². The van der Waals surface area contributed by atoms with Crippen molar-refractivity contribution in [3.05, 3.63) is 262 Å². The van der Waals surface area contributed by atoms with E-state index in [9.17, 15) is 0 Å². The second kappa shape index (κ2) is 34.2. The highest BCUT2D eigenvalue weighted by atomic mass is 14.7. The van der Waals surface area contributed by atoms with Gasteiger partial charge in [0.25, 0.3) is 0 Å². The van der Waals surface area contributed by atoms with Crippen molar-refractivity contribution >= 4 is 0 Å². The van der Waals surface area contributed by atoms with Crippen LogP contribution >= 0.6 is 0 Å². The van der Waals surface area contributed by atoms with Crippen LogP contribution in [0.25, 0.3) is 78.1 Å². The van der Waals surface area contributed by atoms with E-state index < -0.39 is 0 Å². The van der Waals surface area contributed by atoms with E-state index in [1.54, 1.807) is 22.3 Å². The number of rotatable bonds is 37. The van der Waals surface area contributed by atoms with Gasteiger partial charge in [-0.3, -0.25) is 9.97 Å². The Kier molecular flexibility index (Phi) is 24.4. The minimum atomic E-state index is -0.103. The van der Waals surface area contributed by atoms with Crippen LogP contribution in [0.15, 0.2) is 207 Å². The first kappa shape index (κ1) is 69.9. The molecule has 0 aliphatic heterocycles. The summed E-state index contributed by atoms with van der Waals surface area (Å²) < 4.78 is 0. The van der Waals surface area contributed by atoms with E-state index in [-0.39, 0.29) is 10.8 Å². The molecule has 2 aromatic heterocycles. The van der Waals surface area contributed by atoms with E-state index in [0.717, 1.165) is 35.4 Å². The van der Waals surface area contributed by atoms with Gasteiger partial charge in [-0.15, -0.1) is 0 Å². The number of hydrogen-bond acceptors (Lipinski definition) is 2. The second-order valence-electron chi connectivity index (χ2n) is 29.8. The summed E-state index contributed by atoms with van der Waals surface area (Å²) in [6.07, 6.45) is 41.6. The third kappa shape index (κ3) is 16.3. The van der Waals surface area contributed by atoms with Crippen molar-refractivity contribution in [2.24, 2.45) is 0 Å². The lowest BCUT2D eigenvalue weighted by Crippen LogP contribution is -2.26. The maximum absolute atomic E-state index is 4.75. The van der Waals surface area contributed by atoms with Crippen molar-refractivity contribution in [2.45, 2.75) is 245 Å². The molecule has 0 spiro atoms. The molecule has 0 radical (unpaired) electrons. The zero-order valence-electron chi connectivity index (χ0n) is 60.7. The highest BCUT2D eigenvalue weighted by Gasteiger charge is 2.44. The highest BCUT2D eigenvalue weighted by Crippen LogP contribution is 2.58. The summed E-state index contributed by atoms with van der Waals surface area (Å²) >= 11 is 0. The van der Waals surface area contributed by atoms with Gasteiger partial charge in [-0.05, 0) is 195 Å². The molecule has 0 atom stereocenters. The molecular formula is C96H112N2. The summed E-state index contributed by atoms with van der Waals surface area (Å²) in [4.78, 5) is 9.41. The van der Waals surface area contributed by atoms with Gasteiger partial charge in [-0.2, -0.15) is 0 Å². The monoisotopic (exact) mass is 1290 g/mol.